The second-order valence-corrected chi connectivity index (χ2v) is 24.0. The molecule has 9 N–H and O–H groups in total. The predicted octanol–water partition coefficient (Wildman–Crippen LogP) is 2.15. The Morgan fingerprint density at radius 3 is 2.05 bits per heavy atom. The Labute approximate surface area is 431 Å². The summed E-state index contributed by atoms with van der Waals surface area (Å²) in [6.45, 7) is 18.0. The van der Waals surface area contributed by atoms with Crippen molar-refractivity contribution in [3.05, 3.63) is 23.3 Å². The second kappa shape index (κ2) is 20.6. The van der Waals surface area contributed by atoms with E-state index >= 15 is 0 Å². The van der Waals surface area contributed by atoms with Crippen molar-refractivity contribution in [2.24, 2.45) is 56.2 Å². The number of esters is 3. The first-order valence-corrected chi connectivity index (χ1v) is 26.1. The van der Waals surface area contributed by atoms with Crippen LogP contribution in [0.15, 0.2) is 23.3 Å². The molecular formula is C53H80O21. The van der Waals surface area contributed by atoms with Crippen LogP contribution in [0.25, 0.3) is 0 Å². The second-order valence-electron chi connectivity index (χ2n) is 24.0. The molecule has 7 rings (SSSR count). The number of aliphatic hydroxyl groups excluding tert-OH is 7. The lowest BCUT2D eigenvalue weighted by atomic mass is 9.32. The number of aliphatic hydroxyl groups is 7. The molecule has 0 spiro atoms. The average Bonchev–Trinajstić information content (AvgIpc) is 3.33. The van der Waals surface area contributed by atoms with E-state index in [1.807, 2.05) is 40.7 Å². The average molecular weight is 1050 g/mol. The maximum atomic E-state index is 14.0. The van der Waals surface area contributed by atoms with E-state index in [9.17, 15) is 69.9 Å². The van der Waals surface area contributed by atoms with Crippen molar-refractivity contribution in [3.8, 4) is 0 Å². The highest BCUT2D eigenvalue weighted by Crippen LogP contribution is 2.76. The molecule has 7 aliphatic rings. The van der Waals surface area contributed by atoms with Gasteiger partial charge in [-0.05, 0) is 94.3 Å². The lowest BCUT2D eigenvalue weighted by Gasteiger charge is -2.73. The van der Waals surface area contributed by atoms with Crippen LogP contribution in [0.5, 0.6) is 0 Å². The molecule has 23 atom stereocenters. The Kier molecular flexibility index (Phi) is 16.2. The van der Waals surface area contributed by atoms with Gasteiger partial charge in [-0.25, -0.2) is 9.59 Å². The molecule has 21 heteroatoms. The summed E-state index contributed by atoms with van der Waals surface area (Å²) in [5.41, 5.74) is -6.31. The number of carbonyl (C=O) groups excluding carboxylic acids is 3. The Bertz CT molecular complexity index is 2230. The molecule has 0 aromatic carbocycles. The highest BCUT2D eigenvalue weighted by atomic mass is 16.7. The van der Waals surface area contributed by atoms with Gasteiger partial charge in [0.15, 0.2) is 24.8 Å². The Hall–Kier alpha value is -3.61. The van der Waals surface area contributed by atoms with Crippen LogP contribution >= 0.6 is 0 Å². The van der Waals surface area contributed by atoms with Gasteiger partial charge in [0.25, 0.3) is 0 Å². The zero-order valence-electron chi connectivity index (χ0n) is 44.3. The lowest BCUT2D eigenvalue weighted by molar-refractivity contribution is -0.357. The van der Waals surface area contributed by atoms with Crippen molar-refractivity contribution in [2.45, 2.75) is 207 Å². The van der Waals surface area contributed by atoms with E-state index < -0.39 is 179 Å². The molecular weight excluding hydrogens is 973 g/mol. The van der Waals surface area contributed by atoms with Crippen LogP contribution in [-0.4, -0.2) is 175 Å². The zero-order chi connectivity index (χ0) is 55.2. The molecule has 0 radical (unpaired) electrons. The number of hydrogen-bond donors (Lipinski definition) is 9. The van der Waals surface area contributed by atoms with E-state index in [0.717, 1.165) is 5.57 Å². The molecule has 0 bridgehead atoms. The Morgan fingerprint density at radius 1 is 0.811 bits per heavy atom. The Morgan fingerprint density at radius 2 is 1.47 bits per heavy atom. The minimum absolute atomic E-state index is 0.0433. The third-order valence-electron chi connectivity index (χ3n) is 19.9. The first-order valence-electron chi connectivity index (χ1n) is 26.1. The summed E-state index contributed by atoms with van der Waals surface area (Å²) >= 11 is 0. The number of ether oxygens (including phenoxy) is 7. The van der Waals surface area contributed by atoms with Gasteiger partial charge in [0.2, 0.25) is 0 Å². The van der Waals surface area contributed by atoms with E-state index in [1.54, 1.807) is 26.8 Å². The van der Waals surface area contributed by atoms with Gasteiger partial charge in [-0.2, -0.15) is 0 Å². The van der Waals surface area contributed by atoms with Gasteiger partial charge >= 0.3 is 29.8 Å². The molecule has 2 heterocycles. The van der Waals surface area contributed by atoms with Gasteiger partial charge in [-0.1, -0.05) is 66.2 Å². The van der Waals surface area contributed by atoms with Crippen molar-refractivity contribution in [1.29, 1.82) is 0 Å². The van der Waals surface area contributed by atoms with E-state index in [0.29, 0.717) is 31.3 Å². The van der Waals surface area contributed by atoms with Crippen LogP contribution in [-0.2, 0) is 57.1 Å². The summed E-state index contributed by atoms with van der Waals surface area (Å²) in [5.74, 6) is -7.35. The summed E-state index contributed by atoms with van der Waals surface area (Å²) in [6.07, 6.45) is -18.1. The maximum Gasteiger partial charge on any atom is 0.335 e. The summed E-state index contributed by atoms with van der Waals surface area (Å²) in [6, 6.07) is 0. The first kappa shape index (κ1) is 58.1. The first-order chi connectivity index (χ1) is 34.4. The molecule has 418 valence electrons. The molecule has 2 aliphatic heterocycles. The predicted molar refractivity (Wildman–Crippen MR) is 256 cm³/mol. The Balaban J connectivity index is 1.27. The third kappa shape index (κ3) is 8.84. The van der Waals surface area contributed by atoms with Crippen molar-refractivity contribution < 1.29 is 103 Å². The zero-order valence-corrected chi connectivity index (χ0v) is 44.3. The highest BCUT2D eigenvalue weighted by Gasteiger charge is 2.78. The number of allylic oxidation sites excluding steroid dienone is 2. The largest absolute Gasteiger partial charge is 0.481 e. The van der Waals surface area contributed by atoms with E-state index in [-0.39, 0.29) is 25.2 Å². The topological polar surface area (TPSA) is 332 Å². The van der Waals surface area contributed by atoms with Crippen LogP contribution in [0, 0.1) is 56.2 Å². The SMILES string of the molecule is CC=C(C)C(=O)OC1C(OC(=O)C(C)CC)C2(CO)C(CC1(C)C)C1=CCC3C4(C)CCC(OC5OC(C(=O)O)C(O)C(OC6OCC(O)C(O)C6O)C5O)C(C)(C(=O)O)C4CCC3(C)C1(C)C(O)C2OC(C)=O. The minimum Gasteiger partial charge on any atom is -0.481 e. The van der Waals surface area contributed by atoms with Crippen molar-refractivity contribution in [2.75, 3.05) is 13.2 Å². The van der Waals surface area contributed by atoms with Crippen LogP contribution in [0.2, 0.25) is 0 Å². The highest BCUT2D eigenvalue weighted by molar-refractivity contribution is 5.88. The quantitative estimate of drug-likeness (QED) is 0.0419. The fourth-order valence-electron chi connectivity index (χ4n) is 15.0. The van der Waals surface area contributed by atoms with E-state index in [4.69, 9.17) is 33.2 Å². The molecule has 0 aromatic rings. The number of carbonyl (C=O) groups is 5. The fraction of sp³-hybridized carbons (Fsp3) is 0.830. The smallest absolute Gasteiger partial charge is 0.335 e. The molecule has 5 aliphatic carbocycles. The van der Waals surface area contributed by atoms with Gasteiger partial charge in [-0.3, -0.25) is 14.4 Å². The van der Waals surface area contributed by atoms with E-state index in [2.05, 4.69) is 6.92 Å². The van der Waals surface area contributed by atoms with Gasteiger partial charge in [0.05, 0.1) is 36.1 Å². The number of hydrogen-bond acceptors (Lipinski definition) is 19. The lowest BCUT2D eigenvalue weighted by Crippen LogP contribution is -2.77. The monoisotopic (exact) mass is 1050 g/mol. The minimum atomic E-state index is -2.07. The number of carboxylic acids is 2. The molecule has 21 nitrogen and oxygen atoms in total. The number of carboxylic acid groups (broad SMARTS) is 2. The third-order valence-corrected chi connectivity index (χ3v) is 19.9. The number of fused-ring (bicyclic) bond motifs is 7. The van der Waals surface area contributed by atoms with Gasteiger partial charge in [0, 0.05) is 23.3 Å². The summed E-state index contributed by atoms with van der Waals surface area (Å²) in [4.78, 5) is 67.5. The van der Waals surface area contributed by atoms with Crippen molar-refractivity contribution in [1.82, 2.24) is 0 Å². The normalized spacial score (nSPS) is 47.2. The summed E-state index contributed by atoms with van der Waals surface area (Å²) in [5, 5.41) is 100. The van der Waals surface area contributed by atoms with Crippen LogP contribution in [0.3, 0.4) is 0 Å². The van der Waals surface area contributed by atoms with Gasteiger partial charge in [-0.15, -0.1) is 0 Å². The summed E-state index contributed by atoms with van der Waals surface area (Å²) < 4.78 is 42.0. The van der Waals surface area contributed by atoms with Crippen LogP contribution in [0.1, 0.15) is 121 Å². The molecule has 23 unspecified atom stereocenters. The molecule has 74 heavy (non-hydrogen) atoms. The molecule has 6 fully saturated rings. The van der Waals surface area contributed by atoms with Crippen LogP contribution in [0.4, 0.5) is 0 Å². The molecule has 0 amide bonds. The molecule has 0 aromatic heterocycles. The standard InChI is InChI=1S/C53H80O21/c1-12-23(3)43(64)73-40-41(74-44(65)24(4)13-2)53(22-54)27(20-48(40,6)7)26-14-15-29-49(8)18-17-31(51(10,47(66)67)30(49)16-19-50(29,9)52(26,11)38(61)39(53)69-25(5)55)70-46-35(60)36(34(59)37(72-46)42(62)63)71-45-33(58)32(57)28(56)21-68-45/h12,14,24,27-41,45-46,54,56-61H,13,15-22H2,1-11H3,(H,62,63)(H,66,67). The molecule has 2 saturated heterocycles. The molecule has 4 saturated carbocycles. The number of aliphatic carboxylic acids is 2. The van der Waals surface area contributed by atoms with Crippen molar-refractivity contribution in [3.63, 3.8) is 0 Å². The number of rotatable bonds is 13. The maximum absolute atomic E-state index is 14.0. The van der Waals surface area contributed by atoms with E-state index in [1.165, 1.54) is 13.8 Å². The fourth-order valence-corrected chi connectivity index (χ4v) is 15.0. The van der Waals surface area contributed by atoms with Crippen molar-refractivity contribution >= 4 is 29.8 Å². The van der Waals surface area contributed by atoms with Gasteiger partial charge < -0.3 is 79.1 Å². The van der Waals surface area contributed by atoms with Gasteiger partial charge in [0.1, 0.15) is 54.9 Å². The summed E-state index contributed by atoms with van der Waals surface area (Å²) in [7, 11) is 0. The van der Waals surface area contributed by atoms with Crippen LogP contribution < -0.4 is 0 Å².